The van der Waals surface area contributed by atoms with Crippen LogP contribution < -0.4 is 5.32 Å². The first-order valence-corrected chi connectivity index (χ1v) is 10.6. The number of nitrogens with zero attached hydrogens (tertiary/aromatic N) is 4. The van der Waals surface area contributed by atoms with Crippen LogP contribution in [0.5, 0.6) is 5.75 Å². The fourth-order valence-electron chi connectivity index (χ4n) is 4.20. The summed E-state index contributed by atoms with van der Waals surface area (Å²) in [6.45, 7) is 0.742. The summed E-state index contributed by atoms with van der Waals surface area (Å²) >= 11 is 0. The highest BCUT2D eigenvalue weighted by Crippen LogP contribution is 2.34. The number of para-hydroxylation sites is 1. The van der Waals surface area contributed by atoms with Crippen LogP contribution in [0.1, 0.15) is 43.0 Å². The van der Waals surface area contributed by atoms with Gasteiger partial charge in [0.15, 0.2) is 17.0 Å². The molecule has 4 aromatic rings. The Bertz CT molecular complexity index is 1150. The number of hydrogen-bond acceptors (Lipinski definition) is 5. The lowest BCUT2D eigenvalue weighted by Crippen LogP contribution is -2.07. The maximum atomic E-state index is 9.73. The Balaban J connectivity index is 1.50. The molecule has 0 spiro atoms. The molecule has 2 N–H and O–H groups in total. The molecule has 0 atom stereocenters. The zero-order chi connectivity index (χ0) is 20.3. The maximum absolute atomic E-state index is 9.73. The van der Waals surface area contributed by atoms with E-state index in [1.807, 2.05) is 48.8 Å². The number of benzene rings is 2. The summed E-state index contributed by atoms with van der Waals surface area (Å²) in [5.41, 5.74) is 3.73. The third kappa shape index (κ3) is 3.85. The zero-order valence-electron chi connectivity index (χ0n) is 16.8. The van der Waals surface area contributed by atoms with Gasteiger partial charge in [0.1, 0.15) is 11.6 Å². The summed E-state index contributed by atoms with van der Waals surface area (Å²) < 4.78 is 2.09. The smallest absolute Gasteiger partial charge is 0.165 e. The van der Waals surface area contributed by atoms with Crippen molar-refractivity contribution >= 4 is 22.7 Å². The SMILES string of the molecule is Oc1cccc(CCn2cnc3c(Nc4ccccc4)nc(C4CCCC4)nc32)c1. The number of anilines is 2. The van der Waals surface area contributed by atoms with Crippen LogP contribution in [0, 0.1) is 0 Å². The van der Waals surface area contributed by atoms with E-state index >= 15 is 0 Å². The molecule has 2 aromatic heterocycles. The molecule has 0 amide bonds. The van der Waals surface area contributed by atoms with Crippen molar-refractivity contribution in [3.63, 3.8) is 0 Å². The summed E-state index contributed by atoms with van der Waals surface area (Å²) in [5, 5.41) is 13.2. The van der Waals surface area contributed by atoms with E-state index in [4.69, 9.17) is 9.97 Å². The van der Waals surface area contributed by atoms with Crippen LogP contribution in [0.15, 0.2) is 60.9 Å². The van der Waals surface area contributed by atoms with E-state index in [1.54, 1.807) is 12.1 Å². The molecule has 0 unspecified atom stereocenters. The van der Waals surface area contributed by atoms with Gasteiger partial charge in [-0.1, -0.05) is 43.2 Å². The minimum Gasteiger partial charge on any atom is -0.508 e. The normalized spacial score (nSPS) is 14.4. The molecule has 0 aliphatic heterocycles. The number of fused-ring (bicyclic) bond motifs is 1. The topological polar surface area (TPSA) is 75.9 Å². The van der Waals surface area contributed by atoms with Crippen LogP contribution in [0.25, 0.3) is 11.2 Å². The Kier molecular flexibility index (Phi) is 5.05. The summed E-state index contributed by atoms with van der Waals surface area (Å²) in [7, 11) is 0. The van der Waals surface area contributed by atoms with Crippen molar-refractivity contribution in [2.45, 2.75) is 44.6 Å². The van der Waals surface area contributed by atoms with E-state index in [2.05, 4.69) is 14.9 Å². The quantitative estimate of drug-likeness (QED) is 0.467. The van der Waals surface area contributed by atoms with E-state index in [0.717, 1.165) is 59.9 Å². The molecule has 30 heavy (non-hydrogen) atoms. The van der Waals surface area contributed by atoms with Gasteiger partial charge in [0.2, 0.25) is 0 Å². The van der Waals surface area contributed by atoms with Gasteiger partial charge >= 0.3 is 0 Å². The van der Waals surface area contributed by atoms with E-state index < -0.39 is 0 Å². The molecule has 6 nitrogen and oxygen atoms in total. The highest BCUT2D eigenvalue weighted by Gasteiger charge is 2.23. The first kappa shape index (κ1) is 18.6. The number of rotatable bonds is 6. The molecule has 5 rings (SSSR count). The van der Waals surface area contributed by atoms with Gasteiger partial charge in [-0.25, -0.2) is 15.0 Å². The molecule has 1 saturated carbocycles. The first-order chi connectivity index (χ1) is 14.8. The molecule has 0 radical (unpaired) electrons. The number of imidazole rings is 1. The molecule has 0 saturated heterocycles. The van der Waals surface area contributed by atoms with Crippen molar-refractivity contribution in [2.24, 2.45) is 0 Å². The van der Waals surface area contributed by atoms with Crippen molar-refractivity contribution in [1.29, 1.82) is 0 Å². The predicted molar refractivity (Wildman–Crippen MR) is 118 cm³/mol. The second-order valence-corrected chi connectivity index (χ2v) is 7.93. The summed E-state index contributed by atoms with van der Waals surface area (Å²) in [6, 6.07) is 17.5. The van der Waals surface area contributed by atoms with Gasteiger partial charge in [-0.05, 0) is 49.1 Å². The number of aryl methyl sites for hydroxylation is 2. The van der Waals surface area contributed by atoms with Crippen LogP contribution in [0.2, 0.25) is 0 Å². The molecule has 1 fully saturated rings. The van der Waals surface area contributed by atoms with Crippen LogP contribution in [0.4, 0.5) is 11.5 Å². The summed E-state index contributed by atoms with van der Waals surface area (Å²) in [5.74, 6) is 2.39. The van der Waals surface area contributed by atoms with Crippen molar-refractivity contribution in [3.05, 3.63) is 72.3 Å². The Hall–Kier alpha value is -3.41. The molecular formula is C24H25N5O. The number of aromatic nitrogens is 4. The lowest BCUT2D eigenvalue weighted by atomic mass is 10.1. The van der Waals surface area contributed by atoms with Crippen LogP contribution in [-0.2, 0) is 13.0 Å². The number of hydrogen-bond donors (Lipinski definition) is 2. The average molecular weight is 399 g/mol. The largest absolute Gasteiger partial charge is 0.508 e. The highest BCUT2D eigenvalue weighted by molar-refractivity contribution is 5.85. The van der Waals surface area contributed by atoms with Crippen LogP contribution >= 0.6 is 0 Å². The minimum absolute atomic E-state index is 0.295. The number of phenols is 1. The molecule has 6 heteroatoms. The zero-order valence-corrected chi connectivity index (χ0v) is 16.8. The molecule has 0 bridgehead atoms. The number of aromatic hydroxyl groups is 1. The monoisotopic (exact) mass is 399 g/mol. The maximum Gasteiger partial charge on any atom is 0.165 e. The molecule has 1 aliphatic carbocycles. The molecule has 152 valence electrons. The lowest BCUT2D eigenvalue weighted by molar-refractivity contribution is 0.474. The summed E-state index contributed by atoms with van der Waals surface area (Å²) in [4.78, 5) is 14.5. The van der Waals surface area contributed by atoms with Crippen molar-refractivity contribution in [1.82, 2.24) is 19.5 Å². The van der Waals surface area contributed by atoms with E-state index in [-0.39, 0.29) is 0 Å². The van der Waals surface area contributed by atoms with Gasteiger partial charge in [0.25, 0.3) is 0 Å². The van der Waals surface area contributed by atoms with Crippen LogP contribution in [0.3, 0.4) is 0 Å². The second kappa shape index (κ2) is 8.14. The molecule has 2 aromatic carbocycles. The van der Waals surface area contributed by atoms with Crippen LogP contribution in [-0.4, -0.2) is 24.6 Å². The van der Waals surface area contributed by atoms with Gasteiger partial charge in [0.05, 0.1) is 6.33 Å². The van der Waals surface area contributed by atoms with E-state index in [1.165, 1.54) is 12.8 Å². The van der Waals surface area contributed by atoms with Gasteiger partial charge in [-0.2, -0.15) is 0 Å². The lowest BCUT2D eigenvalue weighted by Gasteiger charge is -2.13. The molecule has 1 aliphatic rings. The number of phenolic OH excluding ortho intramolecular Hbond substituents is 1. The van der Waals surface area contributed by atoms with E-state index in [9.17, 15) is 5.11 Å². The highest BCUT2D eigenvalue weighted by atomic mass is 16.3. The molecular weight excluding hydrogens is 374 g/mol. The van der Waals surface area contributed by atoms with Gasteiger partial charge in [-0.3, -0.25) is 0 Å². The first-order valence-electron chi connectivity index (χ1n) is 10.6. The Labute approximate surface area is 175 Å². The standard InChI is InChI=1S/C24H25N5O/c30-20-12-6-7-17(15-20)13-14-29-16-25-21-23(26-19-10-2-1-3-11-19)27-22(28-24(21)29)18-8-4-5-9-18/h1-3,6-7,10-12,15-16,18,30H,4-5,8-9,13-14H2,(H,26,27,28). The van der Waals surface area contributed by atoms with Gasteiger partial charge in [-0.15, -0.1) is 0 Å². The fraction of sp³-hybridized carbons (Fsp3) is 0.292. The van der Waals surface area contributed by atoms with Gasteiger partial charge < -0.3 is 15.0 Å². The second-order valence-electron chi connectivity index (χ2n) is 7.93. The predicted octanol–water partition coefficient (Wildman–Crippen LogP) is 5.18. The molecule has 2 heterocycles. The number of nitrogens with one attached hydrogen (secondary N) is 1. The third-order valence-electron chi connectivity index (χ3n) is 5.79. The fourth-order valence-corrected chi connectivity index (χ4v) is 4.20. The Morgan fingerprint density at radius 2 is 1.83 bits per heavy atom. The summed E-state index contributed by atoms with van der Waals surface area (Å²) in [6.07, 6.45) is 7.41. The Morgan fingerprint density at radius 1 is 1.00 bits per heavy atom. The van der Waals surface area contributed by atoms with Crippen molar-refractivity contribution in [3.8, 4) is 5.75 Å². The average Bonchev–Trinajstić information content (AvgIpc) is 3.43. The third-order valence-corrected chi connectivity index (χ3v) is 5.79. The van der Waals surface area contributed by atoms with E-state index in [0.29, 0.717) is 11.7 Å². The Morgan fingerprint density at radius 3 is 2.63 bits per heavy atom. The minimum atomic E-state index is 0.295. The van der Waals surface area contributed by atoms with Crippen molar-refractivity contribution in [2.75, 3.05) is 5.32 Å². The van der Waals surface area contributed by atoms with Gasteiger partial charge in [0, 0.05) is 18.2 Å². The van der Waals surface area contributed by atoms with Crippen molar-refractivity contribution < 1.29 is 5.11 Å².